The van der Waals surface area contributed by atoms with Gasteiger partial charge in [-0.05, 0) is 44.0 Å². The summed E-state index contributed by atoms with van der Waals surface area (Å²) in [6.07, 6.45) is 4.02. The molecule has 1 unspecified atom stereocenters. The van der Waals surface area contributed by atoms with Crippen molar-refractivity contribution in [1.29, 1.82) is 0 Å². The zero-order valence-electron chi connectivity index (χ0n) is 15.4. The Hall–Kier alpha value is -1.30. The van der Waals surface area contributed by atoms with E-state index >= 15 is 0 Å². The van der Waals surface area contributed by atoms with Gasteiger partial charge in [0.25, 0.3) is 0 Å². The minimum absolute atomic E-state index is 0.0281. The van der Waals surface area contributed by atoms with Crippen molar-refractivity contribution in [1.82, 2.24) is 15.5 Å². The number of nitrogens with one attached hydrogen (secondary N) is 2. The minimum Gasteiger partial charge on any atom is -0.354 e. The predicted molar refractivity (Wildman–Crippen MR) is 106 cm³/mol. The molecular weight excluding hydrogens is 373 g/mol. The van der Waals surface area contributed by atoms with Crippen molar-refractivity contribution in [3.05, 3.63) is 33.8 Å². The number of likely N-dealkylation sites (N-methyl/N-ethyl adjacent to an activating group) is 1. The molecule has 0 spiro atoms. The Labute approximate surface area is 165 Å². The van der Waals surface area contributed by atoms with Gasteiger partial charge in [-0.2, -0.15) is 0 Å². The van der Waals surface area contributed by atoms with Crippen LogP contribution in [0.4, 0.5) is 0 Å². The number of hydrogen-bond donors (Lipinski definition) is 2. The average molecular weight is 400 g/mol. The Morgan fingerprint density at radius 1 is 1.23 bits per heavy atom. The van der Waals surface area contributed by atoms with E-state index in [0.29, 0.717) is 22.6 Å². The molecule has 0 heterocycles. The summed E-state index contributed by atoms with van der Waals surface area (Å²) in [6.45, 7) is 3.03. The first-order valence-corrected chi connectivity index (χ1v) is 9.84. The van der Waals surface area contributed by atoms with Crippen LogP contribution in [0.2, 0.25) is 10.0 Å². The fourth-order valence-electron chi connectivity index (χ4n) is 2.89. The molecule has 2 rings (SSSR count). The number of amides is 2. The van der Waals surface area contributed by atoms with Crippen molar-refractivity contribution >= 4 is 35.0 Å². The van der Waals surface area contributed by atoms with Crippen molar-refractivity contribution in [3.8, 4) is 0 Å². The van der Waals surface area contributed by atoms with Gasteiger partial charge >= 0.3 is 0 Å². The molecule has 5 nitrogen and oxygen atoms in total. The molecule has 26 heavy (non-hydrogen) atoms. The number of carbonyl (C=O) groups excluding carboxylic acids is 2. The summed E-state index contributed by atoms with van der Waals surface area (Å²) < 4.78 is 0. The van der Waals surface area contributed by atoms with Crippen LogP contribution in [0.3, 0.4) is 0 Å². The van der Waals surface area contributed by atoms with E-state index in [9.17, 15) is 9.59 Å². The summed E-state index contributed by atoms with van der Waals surface area (Å²) in [5.74, 6) is 0.00899. The van der Waals surface area contributed by atoms with Crippen molar-refractivity contribution in [2.45, 2.75) is 44.6 Å². The third-order valence-corrected chi connectivity index (χ3v) is 4.92. The van der Waals surface area contributed by atoms with E-state index in [0.717, 1.165) is 31.2 Å². The van der Waals surface area contributed by atoms with Gasteiger partial charge in [-0.3, -0.25) is 14.5 Å². The molecule has 1 aromatic carbocycles. The SMILES string of the molecule is CCCC(CNC(=O)CN(C)CC(=O)NC1CC1)c1ccc(Cl)cc1Cl. The molecule has 144 valence electrons. The van der Waals surface area contributed by atoms with Crippen LogP contribution in [-0.4, -0.2) is 49.4 Å². The van der Waals surface area contributed by atoms with Crippen LogP contribution >= 0.6 is 23.2 Å². The van der Waals surface area contributed by atoms with Gasteiger partial charge in [0.15, 0.2) is 0 Å². The molecule has 1 atom stereocenters. The highest BCUT2D eigenvalue weighted by atomic mass is 35.5. The lowest BCUT2D eigenvalue weighted by molar-refractivity contribution is -0.124. The zero-order valence-corrected chi connectivity index (χ0v) is 16.9. The molecule has 0 radical (unpaired) electrons. The number of halogens is 2. The van der Waals surface area contributed by atoms with Gasteiger partial charge in [-0.15, -0.1) is 0 Å². The summed E-state index contributed by atoms with van der Waals surface area (Å²) in [5.41, 5.74) is 0.996. The third-order valence-electron chi connectivity index (χ3n) is 4.35. The summed E-state index contributed by atoms with van der Waals surface area (Å²) in [5, 5.41) is 7.11. The van der Waals surface area contributed by atoms with Crippen LogP contribution in [0.15, 0.2) is 18.2 Å². The molecule has 1 saturated carbocycles. The molecule has 2 N–H and O–H groups in total. The van der Waals surface area contributed by atoms with Gasteiger partial charge in [0.1, 0.15) is 0 Å². The molecule has 0 aliphatic heterocycles. The number of nitrogens with zero attached hydrogens (tertiary/aromatic N) is 1. The van der Waals surface area contributed by atoms with E-state index in [1.54, 1.807) is 18.0 Å². The molecule has 1 aliphatic rings. The van der Waals surface area contributed by atoms with Crippen molar-refractivity contribution in [2.24, 2.45) is 0 Å². The summed E-state index contributed by atoms with van der Waals surface area (Å²) in [6, 6.07) is 5.81. The largest absolute Gasteiger partial charge is 0.354 e. The fraction of sp³-hybridized carbons (Fsp3) is 0.579. The Bertz CT molecular complexity index is 635. The van der Waals surface area contributed by atoms with Gasteiger partial charge in [0.2, 0.25) is 11.8 Å². The summed E-state index contributed by atoms with van der Waals surface area (Å²) in [4.78, 5) is 25.7. The lowest BCUT2D eigenvalue weighted by atomic mass is 9.94. The highest BCUT2D eigenvalue weighted by Gasteiger charge is 2.24. The molecule has 2 amide bonds. The lowest BCUT2D eigenvalue weighted by Gasteiger charge is -2.20. The van der Waals surface area contributed by atoms with Crippen molar-refractivity contribution < 1.29 is 9.59 Å². The van der Waals surface area contributed by atoms with Gasteiger partial charge in [0.05, 0.1) is 13.1 Å². The van der Waals surface area contributed by atoms with E-state index < -0.39 is 0 Å². The van der Waals surface area contributed by atoms with Crippen molar-refractivity contribution in [3.63, 3.8) is 0 Å². The second-order valence-corrected chi connectivity index (χ2v) is 7.81. The smallest absolute Gasteiger partial charge is 0.234 e. The number of carbonyl (C=O) groups is 2. The quantitative estimate of drug-likeness (QED) is 0.634. The fourth-order valence-corrected chi connectivity index (χ4v) is 3.45. The normalized spacial score (nSPS) is 15.0. The van der Waals surface area contributed by atoms with Crippen LogP contribution in [0.25, 0.3) is 0 Å². The molecule has 1 aromatic rings. The molecule has 0 bridgehead atoms. The summed E-state index contributed by atoms with van der Waals surface area (Å²) in [7, 11) is 1.77. The monoisotopic (exact) mass is 399 g/mol. The van der Waals surface area contributed by atoms with E-state index in [1.807, 2.05) is 12.1 Å². The topological polar surface area (TPSA) is 61.4 Å². The highest BCUT2D eigenvalue weighted by Crippen LogP contribution is 2.30. The van der Waals surface area contributed by atoms with Crippen LogP contribution in [0, 0.1) is 0 Å². The molecule has 7 heteroatoms. The number of hydrogen-bond acceptors (Lipinski definition) is 3. The second-order valence-electron chi connectivity index (χ2n) is 6.97. The number of benzene rings is 1. The Balaban J connectivity index is 1.81. The van der Waals surface area contributed by atoms with Crippen LogP contribution in [-0.2, 0) is 9.59 Å². The zero-order chi connectivity index (χ0) is 19.1. The minimum atomic E-state index is -0.0992. The maximum absolute atomic E-state index is 12.2. The van der Waals surface area contributed by atoms with Gasteiger partial charge in [-0.25, -0.2) is 0 Å². The van der Waals surface area contributed by atoms with Gasteiger partial charge in [-0.1, -0.05) is 42.6 Å². The molecule has 0 aromatic heterocycles. The van der Waals surface area contributed by atoms with E-state index in [4.69, 9.17) is 23.2 Å². The standard InChI is InChI=1S/C19H27Cl2N3O2/c1-3-4-13(16-8-5-14(20)9-17(16)21)10-22-18(25)11-24(2)12-19(26)23-15-6-7-15/h5,8-9,13,15H,3-4,6-7,10-12H2,1-2H3,(H,22,25)(H,23,26). The molecular formula is C19H27Cl2N3O2. The Morgan fingerprint density at radius 3 is 2.54 bits per heavy atom. The van der Waals surface area contributed by atoms with Gasteiger partial charge < -0.3 is 10.6 Å². The lowest BCUT2D eigenvalue weighted by Crippen LogP contribution is -2.42. The van der Waals surface area contributed by atoms with Crippen LogP contribution in [0.5, 0.6) is 0 Å². The van der Waals surface area contributed by atoms with Crippen LogP contribution < -0.4 is 10.6 Å². The maximum Gasteiger partial charge on any atom is 0.234 e. The van der Waals surface area contributed by atoms with Gasteiger partial charge in [0, 0.05) is 28.5 Å². The van der Waals surface area contributed by atoms with Crippen LogP contribution in [0.1, 0.15) is 44.1 Å². The van der Waals surface area contributed by atoms with E-state index in [1.165, 1.54) is 0 Å². The molecule has 0 saturated heterocycles. The molecule has 1 aliphatic carbocycles. The first kappa shape index (κ1) is 21.0. The second kappa shape index (κ2) is 10.1. The van der Waals surface area contributed by atoms with Crippen molar-refractivity contribution in [2.75, 3.05) is 26.7 Å². The summed E-state index contributed by atoms with van der Waals surface area (Å²) >= 11 is 12.3. The number of rotatable bonds is 10. The van der Waals surface area contributed by atoms with E-state index in [-0.39, 0.29) is 30.8 Å². The highest BCUT2D eigenvalue weighted by molar-refractivity contribution is 6.35. The first-order valence-electron chi connectivity index (χ1n) is 9.08. The molecule has 1 fully saturated rings. The Kier molecular flexibility index (Phi) is 8.19. The third kappa shape index (κ3) is 7.14. The maximum atomic E-state index is 12.2. The predicted octanol–water partition coefficient (Wildman–Crippen LogP) is 3.20. The Morgan fingerprint density at radius 2 is 1.92 bits per heavy atom. The first-order chi connectivity index (χ1) is 12.4. The average Bonchev–Trinajstić information content (AvgIpc) is 3.35. The van der Waals surface area contributed by atoms with E-state index in [2.05, 4.69) is 17.6 Å².